The van der Waals surface area contributed by atoms with Crippen molar-refractivity contribution < 1.29 is 4.79 Å². The molecule has 0 spiro atoms. The topological polar surface area (TPSA) is 45.2 Å². The Morgan fingerprint density at radius 2 is 1.86 bits per heavy atom. The molecule has 4 aromatic rings. The average Bonchev–Trinajstić information content (AvgIpc) is 3.24. The Labute approximate surface area is 216 Å². The maximum atomic E-state index is 14.0. The quantitative estimate of drug-likeness (QED) is 0.305. The first kappa shape index (κ1) is 24.0. The number of amides is 1. The Morgan fingerprint density at radius 1 is 1.06 bits per heavy atom. The van der Waals surface area contributed by atoms with Crippen LogP contribution in [0.1, 0.15) is 46.6 Å². The van der Waals surface area contributed by atoms with Gasteiger partial charge in [-0.05, 0) is 69.0 Å². The number of fused-ring (bicyclic) bond motifs is 1. The summed E-state index contributed by atoms with van der Waals surface area (Å²) in [5.74, 6) is 0.0338. The summed E-state index contributed by atoms with van der Waals surface area (Å²) in [5.41, 5.74) is 4.31. The van der Waals surface area contributed by atoms with Gasteiger partial charge in [-0.2, -0.15) is 0 Å². The van der Waals surface area contributed by atoms with E-state index in [9.17, 15) is 4.79 Å². The number of rotatable bonds is 6. The van der Waals surface area contributed by atoms with Gasteiger partial charge < -0.3 is 10.2 Å². The molecular weight excluding hydrogens is 474 g/mol. The van der Waals surface area contributed by atoms with Gasteiger partial charge >= 0.3 is 0 Å². The Hall–Kier alpha value is -2.73. The van der Waals surface area contributed by atoms with Crippen molar-refractivity contribution in [2.45, 2.75) is 51.2 Å². The molecule has 5 rings (SSSR count). The summed E-state index contributed by atoms with van der Waals surface area (Å²) in [4.78, 5) is 21.2. The molecule has 1 N–H and O–H groups in total. The fraction of sp³-hybridized carbons (Fsp3) is 0.310. The Bertz CT molecular complexity index is 1330. The van der Waals surface area contributed by atoms with Crippen LogP contribution in [0.25, 0.3) is 21.2 Å². The zero-order valence-electron chi connectivity index (χ0n) is 20.1. The number of aromatic nitrogens is 1. The number of nitrogens with zero attached hydrogens (tertiary/aromatic N) is 2. The van der Waals surface area contributed by atoms with Crippen molar-refractivity contribution in [2.75, 3.05) is 7.05 Å². The molecule has 0 bridgehead atoms. The predicted molar refractivity (Wildman–Crippen MR) is 146 cm³/mol. The second kappa shape index (κ2) is 10.5. The summed E-state index contributed by atoms with van der Waals surface area (Å²) in [6.07, 6.45) is 6.02. The number of halogens is 1. The lowest BCUT2D eigenvalue weighted by molar-refractivity contribution is 0.0606. The number of carbonyl (C=O) groups is 1. The zero-order chi connectivity index (χ0) is 24.4. The first-order valence-electron chi connectivity index (χ1n) is 12.2. The predicted octanol–water partition coefficient (Wildman–Crippen LogP) is 7.10. The van der Waals surface area contributed by atoms with Gasteiger partial charge in [0.05, 0.1) is 5.02 Å². The Balaban J connectivity index is 1.47. The van der Waals surface area contributed by atoms with Gasteiger partial charge in [0.25, 0.3) is 5.91 Å². The van der Waals surface area contributed by atoms with Crippen LogP contribution < -0.4 is 5.32 Å². The Kier molecular flexibility index (Phi) is 7.19. The van der Waals surface area contributed by atoms with Gasteiger partial charge in [-0.1, -0.05) is 54.1 Å². The molecule has 1 aliphatic rings. The van der Waals surface area contributed by atoms with Crippen LogP contribution >= 0.6 is 22.9 Å². The van der Waals surface area contributed by atoms with Crippen LogP contribution in [-0.4, -0.2) is 34.9 Å². The third kappa shape index (κ3) is 5.13. The minimum atomic E-state index is 0.0338. The van der Waals surface area contributed by atoms with E-state index in [4.69, 9.17) is 11.6 Å². The SMILES string of the molecule is CNC1CCC(N(Cc2cccc(-c3ccc(C)nc3)c2)C(=O)c2sc3ccccc3c2Cl)CC1. The van der Waals surface area contributed by atoms with Gasteiger partial charge in [-0.3, -0.25) is 9.78 Å². The molecule has 1 amide bonds. The summed E-state index contributed by atoms with van der Waals surface area (Å²) in [6, 6.07) is 21.3. The van der Waals surface area contributed by atoms with E-state index in [1.54, 1.807) is 0 Å². The average molecular weight is 504 g/mol. The summed E-state index contributed by atoms with van der Waals surface area (Å²) < 4.78 is 1.05. The zero-order valence-corrected chi connectivity index (χ0v) is 21.7. The first-order valence-corrected chi connectivity index (χ1v) is 13.4. The second-order valence-electron chi connectivity index (χ2n) is 9.36. The molecule has 4 nitrogen and oxygen atoms in total. The van der Waals surface area contributed by atoms with Gasteiger partial charge in [-0.15, -0.1) is 11.3 Å². The molecule has 35 heavy (non-hydrogen) atoms. The number of carbonyl (C=O) groups excluding carboxylic acids is 1. The van der Waals surface area contributed by atoms with E-state index in [1.165, 1.54) is 11.3 Å². The molecule has 2 aromatic carbocycles. The fourth-order valence-electron chi connectivity index (χ4n) is 5.01. The lowest BCUT2D eigenvalue weighted by Gasteiger charge is -2.37. The smallest absolute Gasteiger partial charge is 0.266 e. The van der Waals surface area contributed by atoms with Crippen LogP contribution in [-0.2, 0) is 6.54 Å². The molecule has 0 radical (unpaired) electrons. The van der Waals surface area contributed by atoms with Gasteiger partial charge in [0.1, 0.15) is 4.88 Å². The van der Waals surface area contributed by atoms with Crippen LogP contribution in [0.5, 0.6) is 0 Å². The maximum absolute atomic E-state index is 14.0. The van der Waals surface area contributed by atoms with Crippen molar-refractivity contribution in [3.8, 4) is 11.1 Å². The number of nitrogens with one attached hydrogen (secondary N) is 1. The van der Waals surface area contributed by atoms with E-state index in [-0.39, 0.29) is 11.9 Å². The van der Waals surface area contributed by atoms with E-state index in [0.717, 1.165) is 58.2 Å². The van der Waals surface area contributed by atoms with Gasteiger partial charge in [-0.25, -0.2) is 0 Å². The number of pyridine rings is 1. The van der Waals surface area contributed by atoms with Crippen molar-refractivity contribution in [3.63, 3.8) is 0 Å². The normalized spacial score (nSPS) is 18.0. The number of thiophene rings is 1. The van der Waals surface area contributed by atoms with E-state index < -0.39 is 0 Å². The molecule has 0 atom stereocenters. The highest BCUT2D eigenvalue weighted by Crippen LogP contribution is 2.37. The first-order chi connectivity index (χ1) is 17.0. The minimum absolute atomic E-state index is 0.0338. The molecule has 6 heteroatoms. The van der Waals surface area contributed by atoms with E-state index in [0.29, 0.717) is 22.5 Å². The standard InChI is InChI=1S/C29H30ClN3OS/c1-19-10-11-22(17-32-19)21-7-5-6-20(16-21)18-33(24-14-12-23(31-2)13-15-24)29(34)28-27(30)25-8-3-4-9-26(25)35-28/h3-11,16-17,23-24,31H,12-15,18H2,1-2H3. The van der Waals surface area contributed by atoms with Gasteiger partial charge in [0.2, 0.25) is 0 Å². The molecule has 1 fully saturated rings. The van der Waals surface area contributed by atoms with Gasteiger partial charge in [0, 0.05) is 46.2 Å². The van der Waals surface area contributed by atoms with Crippen molar-refractivity contribution in [3.05, 3.63) is 88.0 Å². The molecule has 180 valence electrons. The molecule has 0 unspecified atom stereocenters. The van der Waals surface area contributed by atoms with Crippen molar-refractivity contribution in [1.29, 1.82) is 0 Å². The molecule has 1 saturated carbocycles. The van der Waals surface area contributed by atoms with Gasteiger partial charge in [0.15, 0.2) is 0 Å². The van der Waals surface area contributed by atoms with Crippen LogP contribution in [0, 0.1) is 6.92 Å². The fourth-order valence-corrected chi connectivity index (χ4v) is 6.48. The summed E-state index contributed by atoms with van der Waals surface area (Å²) in [7, 11) is 2.02. The van der Waals surface area contributed by atoms with Crippen molar-refractivity contribution >= 4 is 38.9 Å². The van der Waals surface area contributed by atoms with E-state index >= 15 is 0 Å². The highest BCUT2D eigenvalue weighted by atomic mass is 35.5. The third-order valence-electron chi connectivity index (χ3n) is 7.06. The van der Waals surface area contributed by atoms with Crippen LogP contribution in [0.2, 0.25) is 5.02 Å². The van der Waals surface area contributed by atoms with E-state index in [2.05, 4.69) is 45.5 Å². The molecule has 0 aliphatic heterocycles. The molecule has 0 saturated heterocycles. The highest BCUT2D eigenvalue weighted by Gasteiger charge is 2.31. The lowest BCUT2D eigenvalue weighted by Crippen LogP contribution is -2.44. The number of benzene rings is 2. The molecule has 2 heterocycles. The minimum Gasteiger partial charge on any atom is -0.331 e. The molecular formula is C29H30ClN3OS. The molecule has 1 aliphatic carbocycles. The van der Waals surface area contributed by atoms with Crippen molar-refractivity contribution in [2.24, 2.45) is 0 Å². The third-order valence-corrected chi connectivity index (χ3v) is 8.72. The van der Waals surface area contributed by atoms with Crippen LogP contribution in [0.4, 0.5) is 0 Å². The highest BCUT2D eigenvalue weighted by molar-refractivity contribution is 7.21. The van der Waals surface area contributed by atoms with E-state index in [1.807, 2.05) is 50.5 Å². The van der Waals surface area contributed by atoms with Crippen LogP contribution in [0.15, 0.2) is 66.9 Å². The summed E-state index contributed by atoms with van der Waals surface area (Å²) >= 11 is 8.25. The number of hydrogen-bond acceptors (Lipinski definition) is 4. The summed E-state index contributed by atoms with van der Waals surface area (Å²) in [5, 5.41) is 4.93. The molecule has 2 aromatic heterocycles. The largest absolute Gasteiger partial charge is 0.331 e. The summed E-state index contributed by atoms with van der Waals surface area (Å²) in [6.45, 7) is 2.55. The Morgan fingerprint density at radius 3 is 2.57 bits per heavy atom. The number of aryl methyl sites for hydroxylation is 1. The van der Waals surface area contributed by atoms with Crippen LogP contribution in [0.3, 0.4) is 0 Å². The van der Waals surface area contributed by atoms with Crippen molar-refractivity contribution in [1.82, 2.24) is 15.2 Å². The second-order valence-corrected chi connectivity index (χ2v) is 10.8. The monoisotopic (exact) mass is 503 g/mol. The maximum Gasteiger partial charge on any atom is 0.266 e. The number of hydrogen-bond donors (Lipinski definition) is 1. The lowest BCUT2D eigenvalue weighted by atomic mass is 9.89.